The first kappa shape index (κ1) is 23.7. The Bertz CT molecular complexity index is 748. The minimum atomic E-state index is -0.558. The van der Waals surface area contributed by atoms with Gasteiger partial charge in [-0.05, 0) is 73.9 Å². The van der Waals surface area contributed by atoms with Gasteiger partial charge in [-0.2, -0.15) is 0 Å². The average molecular weight is 411 g/mol. The minimum Gasteiger partial charge on any atom is -0.455 e. The molecule has 0 aliphatic rings. The van der Waals surface area contributed by atoms with Crippen LogP contribution in [0.2, 0.25) is 0 Å². The zero-order valence-electron chi connectivity index (χ0n) is 19.0. The summed E-state index contributed by atoms with van der Waals surface area (Å²) in [6.07, 6.45) is 0.822. The second-order valence-corrected chi connectivity index (χ2v) is 8.81. The molecular formula is C26H34O4. The van der Waals surface area contributed by atoms with Crippen LogP contribution in [0.4, 0.5) is 0 Å². The lowest BCUT2D eigenvalue weighted by atomic mass is 10.0. The maximum absolute atomic E-state index is 12.4. The lowest BCUT2D eigenvalue weighted by Gasteiger charge is -2.21. The third-order valence-electron chi connectivity index (χ3n) is 4.91. The summed E-state index contributed by atoms with van der Waals surface area (Å²) in [4.78, 5) is 24.8. The summed E-state index contributed by atoms with van der Waals surface area (Å²) < 4.78 is 11.0. The Morgan fingerprint density at radius 2 is 0.900 bits per heavy atom. The molecule has 0 aliphatic carbocycles. The van der Waals surface area contributed by atoms with Crippen molar-refractivity contribution < 1.29 is 19.1 Å². The monoisotopic (exact) mass is 410 g/mol. The van der Waals surface area contributed by atoms with Crippen LogP contribution >= 0.6 is 0 Å². The lowest BCUT2D eigenvalue weighted by Crippen LogP contribution is -2.30. The molecule has 4 heteroatoms. The van der Waals surface area contributed by atoms with E-state index >= 15 is 0 Å². The van der Waals surface area contributed by atoms with E-state index in [2.05, 4.69) is 27.7 Å². The van der Waals surface area contributed by atoms with Gasteiger partial charge in [0.15, 0.2) is 0 Å². The summed E-state index contributed by atoms with van der Waals surface area (Å²) in [6, 6.07) is 14.9. The normalized spacial score (nSPS) is 13.2. The number of esters is 2. The van der Waals surface area contributed by atoms with E-state index < -0.39 is 24.1 Å². The summed E-state index contributed by atoms with van der Waals surface area (Å²) in [6.45, 7) is 12.1. The Labute approximate surface area is 180 Å². The minimum absolute atomic E-state index is 0.417. The molecule has 0 aliphatic heterocycles. The van der Waals surface area contributed by atoms with E-state index in [9.17, 15) is 9.59 Å². The van der Waals surface area contributed by atoms with Crippen LogP contribution in [0.3, 0.4) is 0 Å². The first-order chi connectivity index (χ1) is 14.2. The Kier molecular flexibility index (Phi) is 8.64. The van der Waals surface area contributed by atoms with Gasteiger partial charge in [0, 0.05) is 0 Å². The second-order valence-electron chi connectivity index (χ2n) is 8.81. The number of carbonyl (C=O) groups excluding carboxylic acids is 2. The molecule has 0 heterocycles. The van der Waals surface area contributed by atoms with Crippen LogP contribution in [-0.2, 0) is 22.3 Å². The summed E-state index contributed by atoms with van der Waals surface area (Å²) in [5.41, 5.74) is 3.37. The van der Waals surface area contributed by atoms with Gasteiger partial charge in [-0.15, -0.1) is 0 Å². The Hall–Kier alpha value is -2.62. The zero-order chi connectivity index (χ0) is 22.3. The number of carbonyl (C=O) groups is 2. The van der Waals surface area contributed by atoms with Gasteiger partial charge in [0.1, 0.15) is 12.2 Å². The summed E-state index contributed by atoms with van der Waals surface area (Å²) >= 11 is 0. The smallest absolute Gasteiger partial charge is 0.338 e. The van der Waals surface area contributed by atoms with Crippen molar-refractivity contribution in [3.63, 3.8) is 0 Å². The molecule has 2 atom stereocenters. The van der Waals surface area contributed by atoms with Crippen molar-refractivity contribution in [2.75, 3.05) is 0 Å². The molecule has 4 nitrogen and oxygen atoms in total. The van der Waals surface area contributed by atoms with Gasteiger partial charge in [0.05, 0.1) is 11.1 Å². The van der Waals surface area contributed by atoms with E-state index in [4.69, 9.17) is 9.47 Å². The highest BCUT2D eigenvalue weighted by atomic mass is 16.6. The fourth-order valence-electron chi connectivity index (χ4n) is 3.16. The Morgan fingerprint density at radius 3 is 1.17 bits per heavy atom. The van der Waals surface area contributed by atoms with E-state index in [0.29, 0.717) is 23.0 Å². The Morgan fingerprint density at radius 1 is 0.600 bits per heavy atom. The SMILES string of the molecule is CC(C)Cc1ccc(C(=O)OC(C)C(C)OC(=O)c2ccc(CC(C)C)cc2)cc1. The molecule has 2 aromatic rings. The van der Waals surface area contributed by atoms with Crippen LogP contribution in [0.15, 0.2) is 48.5 Å². The zero-order valence-corrected chi connectivity index (χ0v) is 19.0. The van der Waals surface area contributed by atoms with Crippen molar-refractivity contribution >= 4 is 11.9 Å². The number of rotatable bonds is 9. The van der Waals surface area contributed by atoms with Gasteiger partial charge in [0.2, 0.25) is 0 Å². The second kappa shape index (κ2) is 11.0. The van der Waals surface area contributed by atoms with Crippen molar-refractivity contribution in [1.82, 2.24) is 0 Å². The third-order valence-corrected chi connectivity index (χ3v) is 4.91. The number of benzene rings is 2. The molecule has 0 spiro atoms. The van der Waals surface area contributed by atoms with E-state index in [-0.39, 0.29) is 0 Å². The van der Waals surface area contributed by atoms with Crippen molar-refractivity contribution in [2.45, 2.75) is 66.6 Å². The molecule has 162 valence electrons. The predicted octanol–water partition coefficient (Wildman–Crippen LogP) is 5.87. The molecule has 30 heavy (non-hydrogen) atoms. The van der Waals surface area contributed by atoms with Crippen molar-refractivity contribution in [2.24, 2.45) is 11.8 Å². The number of ether oxygens (including phenoxy) is 2. The molecule has 0 saturated heterocycles. The van der Waals surface area contributed by atoms with Crippen LogP contribution in [0.25, 0.3) is 0 Å². The third kappa shape index (κ3) is 7.33. The van der Waals surface area contributed by atoms with Crippen LogP contribution in [-0.4, -0.2) is 24.1 Å². The van der Waals surface area contributed by atoms with Gasteiger partial charge in [-0.3, -0.25) is 0 Å². The van der Waals surface area contributed by atoms with Crippen LogP contribution < -0.4 is 0 Å². The van der Waals surface area contributed by atoms with Crippen molar-refractivity contribution in [3.05, 3.63) is 70.8 Å². The first-order valence-electron chi connectivity index (χ1n) is 10.8. The quantitative estimate of drug-likeness (QED) is 0.485. The predicted molar refractivity (Wildman–Crippen MR) is 120 cm³/mol. The highest BCUT2D eigenvalue weighted by molar-refractivity contribution is 5.90. The van der Waals surface area contributed by atoms with Gasteiger partial charge in [-0.25, -0.2) is 9.59 Å². The molecule has 2 aromatic carbocycles. The summed E-state index contributed by atoms with van der Waals surface area (Å²) in [5, 5.41) is 0. The lowest BCUT2D eigenvalue weighted by molar-refractivity contribution is -0.0239. The van der Waals surface area contributed by atoms with Gasteiger partial charge in [0.25, 0.3) is 0 Å². The molecule has 0 bridgehead atoms. The van der Waals surface area contributed by atoms with Crippen LogP contribution in [0, 0.1) is 11.8 Å². The fraction of sp³-hybridized carbons (Fsp3) is 0.462. The van der Waals surface area contributed by atoms with Gasteiger partial charge >= 0.3 is 11.9 Å². The number of hydrogen-bond acceptors (Lipinski definition) is 4. The largest absolute Gasteiger partial charge is 0.455 e. The average Bonchev–Trinajstić information content (AvgIpc) is 2.68. The molecule has 0 radical (unpaired) electrons. The molecule has 0 saturated carbocycles. The number of hydrogen-bond donors (Lipinski definition) is 0. The molecule has 0 aromatic heterocycles. The maximum Gasteiger partial charge on any atom is 0.338 e. The molecular weight excluding hydrogens is 376 g/mol. The fourth-order valence-corrected chi connectivity index (χ4v) is 3.16. The van der Waals surface area contributed by atoms with Crippen molar-refractivity contribution in [1.29, 1.82) is 0 Å². The maximum atomic E-state index is 12.4. The van der Waals surface area contributed by atoms with E-state index in [1.165, 1.54) is 11.1 Å². The summed E-state index contributed by atoms with van der Waals surface area (Å²) in [7, 11) is 0. The van der Waals surface area contributed by atoms with Crippen LogP contribution in [0.5, 0.6) is 0 Å². The topological polar surface area (TPSA) is 52.6 Å². The summed E-state index contributed by atoms with van der Waals surface area (Å²) in [5.74, 6) is 0.286. The van der Waals surface area contributed by atoms with Gasteiger partial charge in [-0.1, -0.05) is 52.0 Å². The highest BCUT2D eigenvalue weighted by Crippen LogP contribution is 2.15. The first-order valence-corrected chi connectivity index (χ1v) is 10.8. The van der Waals surface area contributed by atoms with Crippen LogP contribution in [0.1, 0.15) is 73.4 Å². The van der Waals surface area contributed by atoms with E-state index in [1.54, 1.807) is 38.1 Å². The van der Waals surface area contributed by atoms with E-state index in [0.717, 1.165) is 12.8 Å². The van der Waals surface area contributed by atoms with Crippen molar-refractivity contribution in [3.8, 4) is 0 Å². The molecule has 0 amide bonds. The Balaban J connectivity index is 1.89. The molecule has 0 N–H and O–H groups in total. The van der Waals surface area contributed by atoms with E-state index in [1.807, 2.05) is 24.3 Å². The molecule has 2 rings (SSSR count). The standard InChI is InChI=1S/C26H34O4/c1-17(2)15-21-7-11-23(12-8-21)25(27)29-19(5)20(6)30-26(28)24-13-9-22(10-14-24)16-18(3)4/h7-14,17-20H,15-16H2,1-6H3. The van der Waals surface area contributed by atoms with Gasteiger partial charge < -0.3 is 9.47 Å². The molecule has 0 fully saturated rings. The highest BCUT2D eigenvalue weighted by Gasteiger charge is 2.22. The molecule has 2 unspecified atom stereocenters.